The molecule has 1 aliphatic heterocycles. The zero-order valence-electron chi connectivity index (χ0n) is 11.2. The summed E-state index contributed by atoms with van der Waals surface area (Å²) >= 11 is 3.34. The molecule has 0 radical (unpaired) electrons. The molecule has 0 N–H and O–H groups in total. The molecule has 0 saturated carbocycles. The first-order valence-electron chi connectivity index (χ1n) is 6.60. The van der Waals surface area contributed by atoms with Gasteiger partial charge in [-0.1, -0.05) is 34.1 Å². The maximum Gasteiger partial charge on any atom is 0.258 e. The van der Waals surface area contributed by atoms with E-state index in [1.54, 1.807) is 23.1 Å². The Labute approximate surface area is 130 Å². The first kappa shape index (κ1) is 14.1. The molecule has 1 amide bonds. The lowest BCUT2D eigenvalue weighted by atomic mass is 10.1. The van der Waals surface area contributed by atoms with Crippen molar-refractivity contribution in [3.8, 4) is 5.75 Å². The minimum atomic E-state index is -0.304. The van der Waals surface area contributed by atoms with E-state index in [0.717, 1.165) is 5.56 Å². The number of carbonyl (C=O) groups is 1. The van der Waals surface area contributed by atoms with E-state index < -0.39 is 0 Å². The van der Waals surface area contributed by atoms with E-state index in [1.165, 1.54) is 12.1 Å². The molecule has 2 aromatic carbocycles. The number of ether oxygens (including phenoxy) is 1. The number of amides is 1. The van der Waals surface area contributed by atoms with Crippen LogP contribution in [0, 0.1) is 5.82 Å². The average molecular weight is 350 g/mol. The van der Waals surface area contributed by atoms with Gasteiger partial charge in [0, 0.05) is 11.0 Å². The summed E-state index contributed by atoms with van der Waals surface area (Å²) in [5, 5.41) is 0. The SMILES string of the molecule is O=C1c2ccccc2OCCN1Cc1ccc(F)cc1Br. The van der Waals surface area contributed by atoms with Crippen molar-refractivity contribution in [2.24, 2.45) is 0 Å². The van der Waals surface area contributed by atoms with Gasteiger partial charge in [0.15, 0.2) is 0 Å². The van der Waals surface area contributed by atoms with Crippen molar-refractivity contribution in [3.63, 3.8) is 0 Å². The predicted molar refractivity (Wildman–Crippen MR) is 80.8 cm³/mol. The van der Waals surface area contributed by atoms with Crippen LogP contribution in [0.5, 0.6) is 5.75 Å². The molecule has 0 unspecified atom stereocenters. The number of nitrogens with zero attached hydrogens (tertiary/aromatic N) is 1. The number of halogens is 2. The maximum absolute atomic E-state index is 13.1. The molecule has 5 heteroatoms. The fourth-order valence-corrected chi connectivity index (χ4v) is 2.79. The van der Waals surface area contributed by atoms with Crippen molar-refractivity contribution in [2.75, 3.05) is 13.2 Å². The largest absolute Gasteiger partial charge is 0.491 e. The molecule has 1 aliphatic rings. The lowest BCUT2D eigenvalue weighted by Crippen LogP contribution is -2.32. The Bertz CT molecular complexity index is 690. The molecule has 0 atom stereocenters. The number of hydrogen-bond donors (Lipinski definition) is 0. The van der Waals surface area contributed by atoms with Crippen molar-refractivity contribution in [2.45, 2.75) is 6.54 Å². The van der Waals surface area contributed by atoms with Gasteiger partial charge in [0.25, 0.3) is 5.91 Å². The highest BCUT2D eigenvalue weighted by Crippen LogP contribution is 2.25. The van der Waals surface area contributed by atoms with E-state index in [1.807, 2.05) is 12.1 Å². The van der Waals surface area contributed by atoms with Gasteiger partial charge in [-0.15, -0.1) is 0 Å². The molecule has 3 nitrogen and oxygen atoms in total. The number of fused-ring (bicyclic) bond motifs is 1. The number of benzene rings is 2. The van der Waals surface area contributed by atoms with Crippen molar-refractivity contribution >= 4 is 21.8 Å². The number of rotatable bonds is 2. The van der Waals surface area contributed by atoms with Crippen molar-refractivity contribution in [1.29, 1.82) is 0 Å². The second kappa shape index (κ2) is 5.85. The van der Waals surface area contributed by atoms with Gasteiger partial charge in [0.1, 0.15) is 18.2 Å². The Hall–Kier alpha value is -1.88. The minimum absolute atomic E-state index is 0.0701. The molecular weight excluding hydrogens is 337 g/mol. The van der Waals surface area contributed by atoms with Gasteiger partial charge in [-0.25, -0.2) is 4.39 Å². The molecule has 0 fully saturated rings. The monoisotopic (exact) mass is 349 g/mol. The van der Waals surface area contributed by atoms with E-state index >= 15 is 0 Å². The zero-order chi connectivity index (χ0) is 14.8. The fraction of sp³-hybridized carbons (Fsp3) is 0.188. The first-order chi connectivity index (χ1) is 10.1. The molecular formula is C16H13BrFNO2. The molecule has 2 aromatic rings. The Morgan fingerprint density at radius 3 is 2.86 bits per heavy atom. The Morgan fingerprint density at radius 2 is 2.05 bits per heavy atom. The van der Waals surface area contributed by atoms with Gasteiger partial charge >= 0.3 is 0 Å². The molecule has 0 bridgehead atoms. The van der Waals surface area contributed by atoms with Crippen LogP contribution in [0.15, 0.2) is 46.9 Å². The molecule has 21 heavy (non-hydrogen) atoms. The molecule has 0 spiro atoms. The Balaban J connectivity index is 1.87. The summed E-state index contributed by atoms with van der Waals surface area (Å²) in [6.45, 7) is 1.36. The van der Waals surface area contributed by atoms with Crippen molar-refractivity contribution in [1.82, 2.24) is 4.90 Å². The van der Waals surface area contributed by atoms with Crippen LogP contribution in [-0.4, -0.2) is 24.0 Å². The average Bonchev–Trinajstić information content (AvgIpc) is 2.63. The van der Waals surface area contributed by atoms with Gasteiger partial charge in [0.2, 0.25) is 0 Å². The number of hydrogen-bond acceptors (Lipinski definition) is 2. The highest BCUT2D eigenvalue weighted by molar-refractivity contribution is 9.10. The Kier molecular flexibility index (Phi) is 3.92. The van der Waals surface area contributed by atoms with Crippen LogP contribution in [0.25, 0.3) is 0 Å². The normalized spacial score (nSPS) is 14.4. The summed E-state index contributed by atoms with van der Waals surface area (Å²) < 4.78 is 19.4. The summed E-state index contributed by atoms with van der Waals surface area (Å²) in [4.78, 5) is 14.3. The van der Waals surface area contributed by atoms with E-state index in [-0.39, 0.29) is 11.7 Å². The third-order valence-electron chi connectivity index (χ3n) is 3.40. The Morgan fingerprint density at radius 1 is 1.24 bits per heavy atom. The van der Waals surface area contributed by atoms with Gasteiger partial charge in [-0.3, -0.25) is 4.79 Å². The van der Waals surface area contributed by atoms with E-state index in [2.05, 4.69) is 15.9 Å². The first-order valence-corrected chi connectivity index (χ1v) is 7.39. The number of para-hydroxylation sites is 1. The topological polar surface area (TPSA) is 29.5 Å². The highest BCUT2D eigenvalue weighted by Gasteiger charge is 2.23. The highest BCUT2D eigenvalue weighted by atomic mass is 79.9. The molecule has 0 aliphatic carbocycles. The quantitative estimate of drug-likeness (QED) is 0.828. The summed E-state index contributed by atoms with van der Waals surface area (Å²) in [6, 6.07) is 11.7. The minimum Gasteiger partial charge on any atom is -0.491 e. The molecule has 0 aromatic heterocycles. The van der Waals surface area contributed by atoms with E-state index in [4.69, 9.17) is 4.74 Å². The van der Waals surface area contributed by atoms with Crippen LogP contribution in [0.2, 0.25) is 0 Å². The third kappa shape index (κ3) is 2.93. The second-order valence-electron chi connectivity index (χ2n) is 4.81. The third-order valence-corrected chi connectivity index (χ3v) is 4.14. The van der Waals surface area contributed by atoms with Gasteiger partial charge in [0.05, 0.1) is 12.1 Å². The zero-order valence-corrected chi connectivity index (χ0v) is 12.8. The lowest BCUT2D eigenvalue weighted by Gasteiger charge is -2.20. The summed E-state index contributed by atoms with van der Waals surface area (Å²) in [5.74, 6) is 0.240. The molecule has 108 valence electrons. The van der Waals surface area contributed by atoms with Crippen molar-refractivity contribution < 1.29 is 13.9 Å². The van der Waals surface area contributed by atoms with Crippen molar-refractivity contribution in [3.05, 3.63) is 63.9 Å². The van der Waals surface area contributed by atoms with E-state index in [9.17, 15) is 9.18 Å². The van der Waals surface area contributed by atoms with Gasteiger partial charge in [-0.05, 0) is 29.8 Å². The number of carbonyl (C=O) groups excluding carboxylic acids is 1. The predicted octanol–water partition coefficient (Wildman–Crippen LogP) is 3.62. The van der Waals surface area contributed by atoms with Gasteiger partial charge < -0.3 is 9.64 Å². The van der Waals surface area contributed by atoms with Crippen LogP contribution in [0.1, 0.15) is 15.9 Å². The van der Waals surface area contributed by atoms with Crippen LogP contribution in [0.4, 0.5) is 4.39 Å². The molecule has 3 rings (SSSR count). The summed E-state index contributed by atoms with van der Waals surface area (Å²) in [7, 11) is 0. The standard InChI is InChI=1S/C16H13BrFNO2/c17-14-9-12(18)6-5-11(14)10-19-7-8-21-15-4-2-1-3-13(15)16(19)20/h1-6,9H,7-8,10H2. The maximum atomic E-state index is 13.1. The van der Waals surface area contributed by atoms with E-state index in [0.29, 0.717) is 35.5 Å². The lowest BCUT2D eigenvalue weighted by molar-refractivity contribution is 0.0742. The molecule has 1 heterocycles. The summed E-state index contributed by atoms with van der Waals surface area (Å²) in [6.07, 6.45) is 0. The summed E-state index contributed by atoms with van der Waals surface area (Å²) in [5.41, 5.74) is 1.43. The second-order valence-corrected chi connectivity index (χ2v) is 5.66. The smallest absolute Gasteiger partial charge is 0.258 e. The fourth-order valence-electron chi connectivity index (χ4n) is 2.31. The molecule has 0 saturated heterocycles. The van der Waals surface area contributed by atoms with Crippen LogP contribution in [-0.2, 0) is 6.54 Å². The van der Waals surface area contributed by atoms with Gasteiger partial charge in [-0.2, -0.15) is 0 Å². The van der Waals surface area contributed by atoms with Crippen LogP contribution >= 0.6 is 15.9 Å². The van der Waals surface area contributed by atoms with Crippen LogP contribution in [0.3, 0.4) is 0 Å². The van der Waals surface area contributed by atoms with Crippen LogP contribution < -0.4 is 4.74 Å².